The third-order valence-electron chi connectivity index (χ3n) is 2.70. The lowest BCUT2D eigenvalue weighted by Gasteiger charge is -2.11. The molecule has 3 heteroatoms. The number of carbonyl (C=O) groups is 2. The summed E-state index contributed by atoms with van der Waals surface area (Å²) in [7, 11) is 1.58. The van der Waals surface area contributed by atoms with Gasteiger partial charge in [-0.2, -0.15) is 0 Å². The summed E-state index contributed by atoms with van der Waals surface area (Å²) in [5, 5.41) is 2.56. The largest absolute Gasteiger partial charge is 0.355 e. The van der Waals surface area contributed by atoms with Crippen molar-refractivity contribution in [3.8, 4) is 0 Å². The smallest absolute Gasteiger partial charge is 0.251 e. The van der Waals surface area contributed by atoms with Crippen LogP contribution in [-0.2, 0) is 6.42 Å². The minimum Gasteiger partial charge on any atom is -0.355 e. The highest BCUT2D eigenvalue weighted by atomic mass is 16.1. The average Bonchev–Trinajstić information content (AvgIpc) is 2.26. The van der Waals surface area contributed by atoms with Crippen LogP contribution in [0.4, 0.5) is 0 Å². The third kappa shape index (κ3) is 2.30. The predicted molar refractivity (Wildman–Crippen MR) is 64.0 cm³/mol. The van der Waals surface area contributed by atoms with Gasteiger partial charge in [0.25, 0.3) is 5.91 Å². The number of Topliss-reactive ketones (excluding diaryl/α,β-unsaturated/α-hetero) is 1. The van der Waals surface area contributed by atoms with Crippen LogP contribution < -0.4 is 5.32 Å². The summed E-state index contributed by atoms with van der Waals surface area (Å²) < 4.78 is 0. The van der Waals surface area contributed by atoms with Gasteiger partial charge in [0.15, 0.2) is 5.78 Å². The number of ketones is 1. The van der Waals surface area contributed by atoms with E-state index < -0.39 is 0 Å². The number of aryl methyl sites for hydroxylation is 1. The summed E-state index contributed by atoms with van der Waals surface area (Å²) in [5.41, 5.74) is 3.22. The zero-order valence-electron chi connectivity index (χ0n) is 10.2. The highest BCUT2D eigenvalue weighted by molar-refractivity contribution is 6.01. The van der Waals surface area contributed by atoms with Gasteiger partial charge in [-0.25, -0.2) is 0 Å². The van der Waals surface area contributed by atoms with Crippen LogP contribution in [0.5, 0.6) is 0 Å². The van der Waals surface area contributed by atoms with Crippen molar-refractivity contribution in [2.75, 3.05) is 7.05 Å². The van der Waals surface area contributed by atoms with Crippen LogP contribution in [0.3, 0.4) is 0 Å². The molecule has 0 heterocycles. The Morgan fingerprint density at radius 3 is 2.38 bits per heavy atom. The number of nitrogens with one attached hydrogen (secondary N) is 1. The van der Waals surface area contributed by atoms with Crippen molar-refractivity contribution < 1.29 is 9.59 Å². The summed E-state index contributed by atoms with van der Waals surface area (Å²) in [6, 6.07) is 3.50. The number of benzene rings is 1. The highest BCUT2D eigenvalue weighted by Crippen LogP contribution is 2.18. The summed E-state index contributed by atoms with van der Waals surface area (Å²) >= 11 is 0. The topological polar surface area (TPSA) is 46.2 Å². The molecule has 0 fully saturated rings. The molecular formula is C13H17NO2. The van der Waals surface area contributed by atoms with Gasteiger partial charge in [0.05, 0.1) is 0 Å². The molecule has 1 aromatic carbocycles. The lowest BCUT2D eigenvalue weighted by molar-refractivity contribution is 0.0963. The Morgan fingerprint density at radius 2 is 1.94 bits per heavy atom. The molecule has 1 amide bonds. The molecule has 1 rings (SSSR count). The van der Waals surface area contributed by atoms with E-state index in [1.165, 1.54) is 6.92 Å². The molecule has 0 saturated heterocycles. The Morgan fingerprint density at radius 1 is 1.31 bits per heavy atom. The first-order valence-electron chi connectivity index (χ1n) is 5.37. The monoisotopic (exact) mass is 219 g/mol. The third-order valence-corrected chi connectivity index (χ3v) is 2.70. The quantitative estimate of drug-likeness (QED) is 0.791. The van der Waals surface area contributed by atoms with E-state index in [9.17, 15) is 9.59 Å². The molecular weight excluding hydrogens is 202 g/mol. The van der Waals surface area contributed by atoms with Crippen molar-refractivity contribution in [2.24, 2.45) is 0 Å². The van der Waals surface area contributed by atoms with Crippen molar-refractivity contribution >= 4 is 11.7 Å². The zero-order valence-corrected chi connectivity index (χ0v) is 10.2. The number of amides is 1. The van der Waals surface area contributed by atoms with Gasteiger partial charge in [-0.3, -0.25) is 9.59 Å². The fourth-order valence-corrected chi connectivity index (χ4v) is 1.88. The molecule has 1 N–H and O–H groups in total. The maximum atomic E-state index is 11.5. The molecule has 0 atom stereocenters. The first kappa shape index (κ1) is 12.4. The summed E-state index contributed by atoms with van der Waals surface area (Å²) in [6.45, 7) is 5.47. The second-order valence-electron chi connectivity index (χ2n) is 3.81. The number of rotatable bonds is 3. The van der Waals surface area contributed by atoms with Gasteiger partial charge in [0.2, 0.25) is 0 Å². The van der Waals surface area contributed by atoms with E-state index >= 15 is 0 Å². The van der Waals surface area contributed by atoms with Crippen molar-refractivity contribution in [3.05, 3.63) is 34.4 Å². The van der Waals surface area contributed by atoms with E-state index in [0.29, 0.717) is 11.1 Å². The van der Waals surface area contributed by atoms with Gasteiger partial charge >= 0.3 is 0 Å². The van der Waals surface area contributed by atoms with Gasteiger partial charge in [0, 0.05) is 18.2 Å². The Hall–Kier alpha value is -1.64. The molecule has 0 spiro atoms. The lowest BCUT2D eigenvalue weighted by Crippen LogP contribution is -2.19. The minimum atomic E-state index is -0.159. The highest BCUT2D eigenvalue weighted by Gasteiger charge is 2.13. The van der Waals surface area contributed by atoms with Crippen LogP contribution in [0.1, 0.15) is 45.7 Å². The van der Waals surface area contributed by atoms with E-state index in [2.05, 4.69) is 5.32 Å². The molecule has 86 valence electrons. The van der Waals surface area contributed by atoms with Crippen LogP contribution in [-0.4, -0.2) is 18.7 Å². The molecule has 0 aliphatic heterocycles. The van der Waals surface area contributed by atoms with Crippen LogP contribution in [0.25, 0.3) is 0 Å². The van der Waals surface area contributed by atoms with E-state index in [1.54, 1.807) is 13.1 Å². The Balaban J connectivity index is 3.39. The van der Waals surface area contributed by atoms with Gasteiger partial charge in [-0.1, -0.05) is 6.92 Å². The van der Waals surface area contributed by atoms with E-state index in [-0.39, 0.29) is 11.7 Å². The van der Waals surface area contributed by atoms with Crippen LogP contribution in [0.15, 0.2) is 12.1 Å². The second kappa shape index (κ2) is 4.92. The van der Waals surface area contributed by atoms with Crippen molar-refractivity contribution in [2.45, 2.75) is 27.2 Å². The van der Waals surface area contributed by atoms with Crippen molar-refractivity contribution in [3.63, 3.8) is 0 Å². The summed E-state index contributed by atoms with van der Waals surface area (Å²) in [4.78, 5) is 23.0. The second-order valence-corrected chi connectivity index (χ2v) is 3.81. The number of hydrogen-bond donors (Lipinski definition) is 1. The van der Waals surface area contributed by atoms with Crippen LogP contribution in [0, 0.1) is 6.92 Å². The first-order chi connectivity index (χ1) is 7.51. The minimum absolute atomic E-state index is 0.00528. The van der Waals surface area contributed by atoms with Crippen molar-refractivity contribution in [1.29, 1.82) is 0 Å². The van der Waals surface area contributed by atoms with Gasteiger partial charge in [-0.15, -0.1) is 0 Å². The Kier molecular flexibility index (Phi) is 3.82. The summed E-state index contributed by atoms with van der Waals surface area (Å²) in [5.74, 6) is -0.154. The fourth-order valence-electron chi connectivity index (χ4n) is 1.88. The van der Waals surface area contributed by atoms with Gasteiger partial charge < -0.3 is 5.32 Å². The Labute approximate surface area is 95.9 Å². The molecule has 3 nitrogen and oxygen atoms in total. The Bertz CT molecular complexity index is 436. The van der Waals surface area contributed by atoms with Crippen molar-refractivity contribution in [1.82, 2.24) is 5.32 Å². The molecule has 0 aliphatic carbocycles. The van der Waals surface area contributed by atoms with Crippen LogP contribution >= 0.6 is 0 Å². The molecule has 0 unspecified atom stereocenters. The molecule has 1 aromatic rings. The SMILES string of the molecule is CCc1c(C)cc(C(=O)NC)cc1C(C)=O. The first-order valence-corrected chi connectivity index (χ1v) is 5.37. The predicted octanol–water partition coefficient (Wildman–Crippen LogP) is 2.12. The normalized spacial score (nSPS) is 10.0. The van der Waals surface area contributed by atoms with E-state index in [0.717, 1.165) is 17.5 Å². The molecule has 0 aliphatic rings. The molecule has 16 heavy (non-hydrogen) atoms. The maximum Gasteiger partial charge on any atom is 0.251 e. The lowest BCUT2D eigenvalue weighted by atomic mass is 9.94. The standard InChI is InChI=1S/C13H17NO2/c1-5-11-8(2)6-10(13(16)14-4)7-12(11)9(3)15/h6-7H,5H2,1-4H3,(H,14,16). The number of carbonyl (C=O) groups excluding carboxylic acids is 2. The maximum absolute atomic E-state index is 11.5. The number of hydrogen-bond acceptors (Lipinski definition) is 2. The molecule has 0 aromatic heterocycles. The van der Waals surface area contributed by atoms with Gasteiger partial charge in [-0.05, 0) is 43.5 Å². The van der Waals surface area contributed by atoms with E-state index in [1.807, 2.05) is 19.9 Å². The van der Waals surface area contributed by atoms with E-state index in [4.69, 9.17) is 0 Å². The zero-order chi connectivity index (χ0) is 12.3. The van der Waals surface area contributed by atoms with Crippen LogP contribution in [0.2, 0.25) is 0 Å². The summed E-state index contributed by atoms with van der Waals surface area (Å²) in [6.07, 6.45) is 0.800. The average molecular weight is 219 g/mol. The molecule has 0 radical (unpaired) electrons. The van der Waals surface area contributed by atoms with Gasteiger partial charge in [0.1, 0.15) is 0 Å². The fraction of sp³-hybridized carbons (Fsp3) is 0.385. The molecule has 0 bridgehead atoms. The molecule has 0 saturated carbocycles.